The summed E-state index contributed by atoms with van der Waals surface area (Å²) in [5.41, 5.74) is 3.82. The van der Waals surface area contributed by atoms with Gasteiger partial charge in [0.25, 0.3) is 11.8 Å². The fourth-order valence-electron chi connectivity index (χ4n) is 4.86. The quantitative estimate of drug-likeness (QED) is 0.289. The molecule has 0 spiro atoms. The minimum absolute atomic E-state index is 0.0131. The molecule has 0 radical (unpaired) electrons. The number of hydrogen-bond donors (Lipinski definition) is 2. The van der Waals surface area contributed by atoms with Gasteiger partial charge in [-0.3, -0.25) is 14.6 Å². The van der Waals surface area contributed by atoms with E-state index in [9.17, 15) is 9.59 Å². The number of rotatable bonds is 9. The Balaban J connectivity index is 1.18. The van der Waals surface area contributed by atoms with Crippen molar-refractivity contribution in [3.63, 3.8) is 0 Å². The van der Waals surface area contributed by atoms with Crippen LogP contribution in [-0.4, -0.2) is 59.2 Å². The Morgan fingerprint density at radius 2 is 2.03 bits per heavy atom. The standard InChI is InChI=1S/C29H32N4O4S/c1-19-5-7-24(28(34)30-11-15-38-18-23-4-3-14-37-23)27(31-19)20-9-12-33(13-10-20)29(35)26-17-21-16-22(36-2)6-8-25(21)32-26/h3-8,14,16-17,20,32H,9-13,15,18H2,1-2H3,(H,30,34). The number of piperidine rings is 1. The minimum Gasteiger partial charge on any atom is -0.497 e. The van der Waals surface area contributed by atoms with Crippen LogP contribution in [0, 0.1) is 6.92 Å². The summed E-state index contributed by atoms with van der Waals surface area (Å²) in [6, 6.07) is 15.2. The molecule has 4 heterocycles. The van der Waals surface area contributed by atoms with Crippen LogP contribution in [0.2, 0.25) is 0 Å². The van der Waals surface area contributed by atoms with Crippen molar-refractivity contribution in [1.82, 2.24) is 20.2 Å². The number of nitrogens with zero attached hydrogens (tertiary/aromatic N) is 2. The highest BCUT2D eigenvalue weighted by molar-refractivity contribution is 7.98. The maximum absolute atomic E-state index is 13.2. The Kier molecular flexibility index (Phi) is 8.03. The van der Waals surface area contributed by atoms with Crippen LogP contribution in [0.3, 0.4) is 0 Å². The first kappa shape index (κ1) is 25.9. The summed E-state index contributed by atoms with van der Waals surface area (Å²) < 4.78 is 10.6. The lowest BCUT2D eigenvalue weighted by Crippen LogP contribution is -2.38. The van der Waals surface area contributed by atoms with Gasteiger partial charge in [0.1, 0.15) is 17.2 Å². The zero-order chi connectivity index (χ0) is 26.5. The first-order valence-corrected chi connectivity index (χ1v) is 14.0. The van der Waals surface area contributed by atoms with Crippen molar-refractivity contribution in [2.24, 2.45) is 0 Å². The van der Waals surface area contributed by atoms with Gasteiger partial charge in [0, 0.05) is 47.9 Å². The average Bonchev–Trinajstić information content (AvgIpc) is 3.62. The molecule has 198 valence electrons. The Hall–Kier alpha value is -3.72. The van der Waals surface area contributed by atoms with E-state index in [0.29, 0.717) is 30.9 Å². The summed E-state index contributed by atoms with van der Waals surface area (Å²) in [6.07, 6.45) is 3.19. The predicted molar refractivity (Wildman–Crippen MR) is 149 cm³/mol. The highest BCUT2D eigenvalue weighted by Gasteiger charge is 2.29. The summed E-state index contributed by atoms with van der Waals surface area (Å²) in [4.78, 5) is 36.1. The van der Waals surface area contributed by atoms with Crippen molar-refractivity contribution in [2.75, 3.05) is 32.5 Å². The van der Waals surface area contributed by atoms with Crippen LogP contribution < -0.4 is 10.1 Å². The number of nitrogens with one attached hydrogen (secondary N) is 2. The number of carbonyl (C=O) groups excluding carboxylic acids is 2. The number of furan rings is 1. The molecule has 4 aromatic rings. The maximum Gasteiger partial charge on any atom is 0.270 e. The first-order chi connectivity index (χ1) is 18.5. The van der Waals surface area contributed by atoms with E-state index in [4.69, 9.17) is 14.1 Å². The number of aryl methyl sites for hydroxylation is 1. The van der Waals surface area contributed by atoms with E-state index in [2.05, 4.69) is 10.3 Å². The number of methoxy groups -OCH3 is 1. The van der Waals surface area contributed by atoms with Gasteiger partial charge in [-0.15, -0.1) is 0 Å². The summed E-state index contributed by atoms with van der Waals surface area (Å²) in [5.74, 6) is 3.28. The van der Waals surface area contributed by atoms with Crippen LogP contribution in [-0.2, 0) is 5.75 Å². The Morgan fingerprint density at radius 3 is 2.79 bits per heavy atom. The fourth-order valence-corrected chi connectivity index (χ4v) is 5.61. The van der Waals surface area contributed by atoms with Gasteiger partial charge >= 0.3 is 0 Å². The number of amides is 2. The summed E-state index contributed by atoms with van der Waals surface area (Å²) in [7, 11) is 1.63. The van der Waals surface area contributed by atoms with Gasteiger partial charge < -0.3 is 24.4 Å². The van der Waals surface area contributed by atoms with E-state index < -0.39 is 0 Å². The Bertz CT molecular complexity index is 1410. The van der Waals surface area contributed by atoms with Gasteiger partial charge in [-0.25, -0.2) is 0 Å². The van der Waals surface area contributed by atoms with Crippen molar-refractivity contribution in [2.45, 2.75) is 31.4 Å². The normalized spacial score (nSPS) is 14.1. The third-order valence-corrected chi connectivity index (χ3v) is 7.87. The molecule has 2 amide bonds. The van der Waals surface area contributed by atoms with E-state index in [0.717, 1.165) is 58.1 Å². The topological polar surface area (TPSA) is 100 Å². The van der Waals surface area contributed by atoms with Gasteiger partial charge in [0.15, 0.2) is 0 Å². The molecular weight excluding hydrogens is 500 g/mol. The Morgan fingerprint density at radius 1 is 1.18 bits per heavy atom. The second-order valence-electron chi connectivity index (χ2n) is 9.48. The number of thioether (sulfide) groups is 1. The van der Waals surface area contributed by atoms with Crippen LogP contribution in [0.1, 0.15) is 56.8 Å². The first-order valence-electron chi connectivity index (χ1n) is 12.8. The number of aromatic amines is 1. The average molecular weight is 533 g/mol. The number of aromatic nitrogens is 2. The number of pyridine rings is 1. The van der Waals surface area contributed by atoms with Crippen molar-refractivity contribution in [3.05, 3.63) is 83.2 Å². The van der Waals surface area contributed by atoms with E-state index in [-0.39, 0.29) is 17.7 Å². The number of likely N-dealkylation sites (tertiary alicyclic amines) is 1. The van der Waals surface area contributed by atoms with E-state index >= 15 is 0 Å². The summed E-state index contributed by atoms with van der Waals surface area (Å²) in [6.45, 7) is 3.74. The van der Waals surface area contributed by atoms with Crippen molar-refractivity contribution in [1.29, 1.82) is 0 Å². The minimum atomic E-state index is -0.0990. The van der Waals surface area contributed by atoms with Crippen LogP contribution in [0.4, 0.5) is 0 Å². The largest absolute Gasteiger partial charge is 0.497 e. The number of benzene rings is 1. The highest BCUT2D eigenvalue weighted by atomic mass is 32.2. The molecular formula is C29H32N4O4S. The third-order valence-electron chi connectivity index (χ3n) is 6.89. The SMILES string of the molecule is COc1ccc2[nH]c(C(=O)N3CCC(c4nc(C)ccc4C(=O)NCCSCc4ccco4)CC3)cc2c1. The van der Waals surface area contributed by atoms with Gasteiger partial charge in [-0.05, 0) is 68.3 Å². The zero-order valence-electron chi connectivity index (χ0n) is 21.7. The Labute approximate surface area is 226 Å². The van der Waals surface area contributed by atoms with E-state index in [1.54, 1.807) is 25.1 Å². The third kappa shape index (κ3) is 5.88. The maximum atomic E-state index is 13.2. The lowest BCUT2D eigenvalue weighted by atomic mass is 9.89. The molecule has 38 heavy (non-hydrogen) atoms. The molecule has 0 bridgehead atoms. The molecule has 0 unspecified atom stereocenters. The van der Waals surface area contributed by atoms with Crippen LogP contribution in [0.25, 0.3) is 10.9 Å². The monoisotopic (exact) mass is 532 g/mol. The second-order valence-corrected chi connectivity index (χ2v) is 10.6. The molecule has 1 fully saturated rings. The van der Waals surface area contributed by atoms with Crippen LogP contribution in [0.5, 0.6) is 5.75 Å². The fraction of sp³-hybridized carbons (Fsp3) is 0.345. The number of ether oxygens (including phenoxy) is 1. The van der Waals surface area contributed by atoms with Crippen LogP contribution >= 0.6 is 11.8 Å². The second kappa shape index (κ2) is 11.8. The van der Waals surface area contributed by atoms with Gasteiger partial charge in [-0.1, -0.05) is 0 Å². The summed E-state index contributed by atoms with van der Waals surface area (Å²) in [5, 5.41) is 3.99. The molecule has 0 aliphatic carbocycles. The number of carbonyl (C=O) groups is 2. The number of H-pyrrole nitrogens is 1. The zero-order valence-corrected chi connectivity index (χ0v) is 22.5. The molecule has 9 heteroatoms. The van der Waals surface area contributed by atoms with Crippen molar-refractivity contribution < 1.29 is 18.7 Å². The lowest BCUT2D eigenvalue weighted by molar-refractivity contribution is 0.0705. The molecule has 5 rings (SSSR count). The number of hydrogen-bond acceptors (Lipinski definition) is 6. The molecule has 3 aromatic heterocycles. The molecule has 0 atom stereocenters. The molecule has 1 saturated heterocycles. The predicted octanol–water partition coefficient (Wildman–Crippen LogP) is 5.16. The lowest BCUT2D eigenvalue weighted by Gasteiger charge is -2.32. The number of fused-ring (bicyclic) bond motifs is 1. The van der Waals surface area contributed by atoms with Crippen molar-refractivity contribution in [3.8, 4) is 5.75 Å². The highest BCUT2D eigenvalue weighted by Crippen LogP contribution is 2.31. The smallest absolute Gasteiger partial charge is 0.270 e. The van der Waals surface area contributed by atoms with E-state index in [1.807, 2.05) is 60.4 Å². The van der Waals surface area contributed by atoms with Crippen molar-refractivity contribution >= 4 is 34.5 Å². The molecule has 1 aliphatic heterocycles. The molecule has 8 nitrogen and oxygen atoms in total. The molecule has 1 aromatic carbocycles. The summed E-state index contributed by atoms with van der Waals surface area (Å²) >= 11 is 1.72. The molecule has 0 saturated carbocycles. The van der Waals surface area contributed by atoms with Gasteiger partial charge in [-0.2, -0.15) is 11.8 Å². The molecule has 2 N–H and O–H groups in total. The van der Waals surface area contributed by atoms with E-state index in [1.165, 1.54) is 0 Å². The van der Waals surface area contributed by atoms with Crippen LogP contribution in [0.15, 0.2) is 59.2 Å². The van der Waals surface area contributed by atoms with Gasteiger partial charge in [0.2, 0.25) is 0 Å². The molecule has 1 aliphatic rings. The van der Waals surface area contributed by atoms with Gasteiger partial charge in [0.05, 0.1) is 30.4 Å².